The number of aryl methyl sites for hydroxylation is 1. The Morgan fingerprint density at radius 3 is 2.47 bits per heavy atom. The van der Waals surface area contributed by atoms with Gasteiger partial charge in [0.1, 0.15) is 5.75 Å². The monoisotopic (exact) mass is 432 g/mol. The zero-order valence-electron chi connectivity index (χ0n) is 18.4. The van der Waals surface area contributed by atoms with Gasteiger partial charge in [0.2, 0.25) is 0 Å². The Morgan fingerprint density at radius 2 is 1.81 bits per heavy atom. The number of aromatic nitrogens is 1. The first-order valence-electron chi connectivity index (χ1n) is 11.4. The van der Waals surface area contributed by atoms with E-state index in [1.54, 1.807) is 4.57 Å². The highest BCUT2D eigenvalue weighted by atomic mass is 16.5. The predicted molar refractivity (Wildman–Crippen MR) is 121 cm³/mol. The Balaban J connectivity index is 1.22. The number of carbonyl (C=O) groups excluding carboxylic acids is 1. The highest BCUT2D eigenvalue weighted by Crippen LogP contribution is 2.29. The lowest BCUT2D eigenvalue weighted by molar-refractivity contribution is -0.143. The molecule has 3 aliphatic rings. The number of rotatable bonds is 5. The van der Waals surface area contributed by atoms with E-state index < -0.39 is 0 Å². The number of hydrogen-bond donors (Lipinski definition) is 0. The largest absolute Gasteiger partial charge is 0.484 e. The molecule has 1 aliphatic carbocycles. The van der Waals surface area contributed by atoms with Gasteiger partial charge in [0.15, 0.2) is 6.61 Å². The van der Waals surface area contributed by atoms with Gasteiger partial charge in [-0.2, -0.15) is 0 Å². The molecule has 1 saturated carbocycles. The molecule has 3 fully saturated rings. The summed E-state index contributed by atoms with van der Waals surface area (Å²) in [5.74, 6) is 7.45. The quantitative estimate of drug-likeness (QED) is 0.682. The summed E-state index contributed by atoms with van der Waals surface area (Å²) in [7, 11) is 0. The van der Waals surface area contributed by atoms with Crippen LogP contribution in [-0.2, 0) is 16.1 Å². The second-order valence-electron chi connectivity index (χ2n) is 9.01. The lowest BCUT2D eigenvalue weighted by atomic mass is 10.1. The highest BCUT2D eigenvalue weighted by molar-refractivity contribution is 5.79. The van der Waals surface area contributed by atoms with Crippen molar-refractivity contribution in [2.75, 3.05) is 19.8 Å². The zero-order chi connectivity index (χ0) is 22.1. The highest BCUT2D eigenvalue weighted by Gasteiger charge is 2.40. The maximum atomic E-state index is 12.7. The number of hydrogen-bond acceptors (Lipinski definition) is 4. The summed E-state index contributed by atoms with van der Waals surface area (Å²) < 4.78 is 13.0. The minimum absolute atomic E-state index is 0.0347. The number of morpholine rings is 1. The fourth-order valence-corrected chi connectivity index (χ4v) is 4.53. The van der Waals surface area contributed by atoms with Gasteiger partial charge in [-0.1, -0.05) is 24.0 Å². The fraction of sp³-hybridized carbons (Fsp3) is 0.462. The molecule has 3 heterocycles. The van der Waals surface area contributed by atoms with Gasteiger partial charge in [-0.15, -0.1) is 0 Å². The molecule has 2 aromatic rings. The van der Waals surface area contributed by atoms with E-state index in [4.69, 9.17) is 9.47 Å². The van der Waals surface area contributed by atoms with E-state index in [1.165, 1.54) is 18.9 Å². The Morgan fingerprint density at radius 1 is 1.09 bits per heavy atom. The van der Waals surface area contributed by atoms with Crippen molar-refractivity contribution in [2.45, 2.75) is 51.2 Å². The van der Waals surface area contributed by atoms with Crippen molar-refractivity contribution < 1.29 is 14.3 Å². The van der Waals surface area contributed by atoms with Crippen LogP contribution in [-0.4, -0.2) is 47.3 Å². The van der Waals surface area contributed by atoms with Crippen LogP contribution < -0.4 is 10.3 Å². The van der Waals surface area contributed by atoms with Crippen molar-refractivity contribution in [3.05, 3.63) is 63.6 Å². The zero-order valence-corrected chi connectivity index (χ0v) is 18.4. The molecule has 2 unspecified atom stereocenters. The molecular weight excluding hydrogens is 404 g/mol. The number of pyridine rings is 1. The molecule has 2 saturated heterocycles. The van der Waals surface area contributed by atoms with Gasteiger partial charge in [-0.05, 0) is 56.4 Å². The van der Waals surface area contributed by atoms with Crippen molar-refractivity contribution >= 4 is 5.91 Å². The van der Waals surface area contributed by atoms with Crippen molar-refractivity contribution in [3.8, 4) is 17.6 Å². The molecule has 1 amide bonds. The summed E-state index contributed by atoms with van der Waals surface area (Å²) in [6.07, 6.45) is 4.41. The first-order valence-corrected chi connectivity index (χ1v) is 11.4. The molecule has 32 heavy (non-hydrogen) atoms. The smallest absolute Gasteiger partial charge is 0.261 e. The number of fused-ring (bicyclic) bond motifs is 2. The van der Waals surface area contributed by atoms with Crippen molar-refractivity contribution in [2.24, 2.45) is 5.92 Å². The lowest BCUT2D eigenvalue weighted by Gasteiger charge is -2.34. The second kappa shape index (κ2) is 8.84. The summed E-state index contributed by atoms with van der Waals surface area (Å²) in [6, 6.07) is 11.6. The lowest BCUT2D eigenvalue weighted by Crippen LogP contribution is -2.50. The van der Waals surface area contributed by atoms with Gasteiger partial charge >= 0.3 is 0 Å². The SMILES string of the molecule is Cc1cc(OCC(=O)N2C3CCC2COC3)cc(=O)n1Cc1ccc(C#CC2CC2)cc1. The maximum Gasteiger partial charge on any atom is 0.261 e. The van der Waals surface area contributed by atoms with Crippen LogP contribution >= 0.6 is 0 Å². The van der Waals surface area contributed by atoms with Crippen molar-refractivity contribution in [1.82, 2.24) is 9.47 Å². The normalized spacial score (nSPS) is 21.7. The van der Waals surface area contributed by atoms with Crippen LogP contribution in [0.1, 0.15) is 42.5 Å². The second-order valence-corrected chi connectivity index (χ2v) is 9.01. The topological polar surface area (TPSA) is 60.8 Å². The molecule has 2 atom stereocenters. The first-order chi connectivity index (χ1) is 15.6. The summed E-state index contributed by atoms with van der Waals surface area (Å²) in [6.45, 7) is 3.52. The van der Waals surface area contributed by atoms with Crippen LogP contribution in [0.3, 0.4) is 0 Å². The molecule has 1 aromatic heterocycles. The molecule has 1 aromatic carbocycles. The van der Waals surface area contributed by atoms with Gasteiger partial charge in [0, 0.05) is 23.2 Å². The maximum absolute atomic E-state index is 12.7. The molecule has 0 radical (unpaired) electrons. The molecule has 0 N–H and O–H groups in total. The molecule has 5 rings (SSSR count). The average molecular weight is 433 g/mol. The van der Waals surface area contributed by atoms with E-state index in [1.807, 2.05) is 42.2 Å². The van der Waals surface area contributed by atoms with E-state index in [0.717, 1.165) is 29.7 Å². The van der Waals surface area contributed by atoms with E-state index in [-0.39, 0.29) is 30.2 Å². The Kier molecular flexibility index (Phi) is 5.75. The Hall–Kier alpha value is -3.04. The minimum Gasteiger partial charge on any atom is -0.484 e. The number of nitrogens with zero attached hydrogens (tertiary/aromatic N) is 2. The number of carbonyl (C=O) groups is 1. The van der Waals surface area contributed by atoms with E-state index in [9.17, 15) is 9.59 Å². The van der Waals surface area contributed by atoms with Gasteiger partial charge in [0.05, 0.1) is 31.8 Å². The molecule has 0 spiro atoms. The Labute approximate surface area is 188 Å². The van der Waals surface area contributed by atoms with Crippen LogP contribution in [0, 0.1) is 24.7 Å². The number of benzene rings is 1. The van der Waals surface area contributed by atoms with Gasteiger partial charge < -0.3 is 18.9 Å². The summed E-state index contributed by atoms with van der Waals surface area (Å²) >= 11 is 0. The average Bonchev–Trinajstić information content (AvgIpc) is 3.58. The van der Waals surface area contributed by atoms with Crippen molar-refractivity contribution in [3.63, 3.8) is 0 Å². The van der Waals surface area contributed by atoms with E-state index >= 15 is 0 Å². The van der Waals surface area contributed by atoms with E-state index in [0.29, 0.717) is 31.4 Å². The van der Waals surface area contributed by atoms with Gasteiger partial charge in [0.25, 0.3) is 11.5 Å². The third-order valence-corrected chi connectivity index (χ3v) is 6.49. The third-order valence-electron chi connectivity index (χ3n) is 6.49. The number of amides is 1. The fourth-order valence-electron chi connectivity index (χ4n) is 4.53. The van der Waals surface area contributed by atoms with E-state index in [2.05, 4.69) is 11.8 Å². The molecule has 2 bridgehead atoms. The molecule has 6 heteroatoms. The van der Waals surface area contributed by atoms with Crippen LogP contribution in [0.25, 0.3) is 0 Å². The number of ether oxygens (including phenoxy) is 2. The molecule has 6 nitrogen and oxygen atoms in total. The Bertz CT molecular complexity index is 1110. The van der Waals surface area contributed by atoms with Gasteiger partial charge in [-0.25, -0.2) is 0 Å². The first kappa shape index (κ1) is 20.8. The summed E-state index contributed by atoms with van der Waals surface area (Å²) in [5, 5.41) is 0. The summed E-state index contributed by atoms with van der Waals surface area (Å²) in [5.41, 5.74) is 2.70. The van der Waals surface area contributed by atoms with Crippen LogP contribution in [0.5, 0.6) is 5.75 Å². The minimum atomic E-state index is -0.142. The van der Waals surface area contributed by atoms with Crippen LogP contribution in [0.15, 0.2) is 41.2 Å². The third kappa shape index (κ3) is 4.58. The van der Waals surface area contributed by atoms with Crippen molar-refractivity contribution in [1.29, 1.82) is 0 Å². The van der Waals surface area contributed by atoms with Crippen LogP contribution in [0.2, 0.25) is 0 Å². The van der Waals surface area contributed by atoms with Crippen LogP contribution in [0.4, 0.5) is 0 Å². The molecular formula is C26H28N2O4. The standard InChI is InChI=1S/C26H28N2O4/c1-18-12-24(32-17-26(30)28-22-10-11-23(28)16-31-15-22)13-25(29)27(18)14-21-8-6-20(7-9-21)5-4-19-2-3-19/h6-9,12-13,19,22-23H,2-3,10-11,14-17H2,1H3. The summed E-state index contributed by atoms with van der Waals surface area (Å²) in [4.78, 5) is 27.3. The van der Waals surface area contributed by atoms with Gasteiger partial charge in [-0.3, -0.25) is 9.59 Å². The molecule has 2 aliphatic heterocycles. The molecule has 166 valence electrons. The predicted octanol–water partition coefficient (Wildman–Crippen LogP) is 2.74.